The van der Waals surface area contributed by atoms with Crippen molar-refractivity contribution in [3.05, 3.63) is 34.3 Å². The smallest absolute Gasteiger partial charge is 0.341 e. The highest BCUT2D eigenvalue weighted by atomic mass is 35.5. The van der Waals surface area contributed by atoms with Gasteiger partial charge in [-0.05, 0) is 18.2 Å². The molecule has 3 nitrogen and oxygen atoms in total. The quantitative estimate of drug-likeness (QED) is 0.622. The molecule has 1 aliphatic rings. The lowest BCUT2D eigenvalue weighted by atomic mass is 10.1. The van der Waals surface area contributed by atoms with E-state index in [0.717, 1.165) is 0 Å². The number of benzene rings is 1. The second kappa shape index (κ2) is 2.47. The van der Waals surface area contributed by atoms with E-state index in [1.54, 1.807) is 6.07 Å². The highest BCUT2D eigenvalue weighted by Crippen LogP contribution is 2.30. The van der Waals surface area contributed by atoms with Gasteiger partial charge in [-0.2, -0.15) is 0 Å². The molecule has 0 spiro atoms. The molecular formula is C8H5ClO3. The lowest BCUT2D eigenvalue weighted by Crippen LogP contribution is -1.95. The minimum Gasteiger partial charge on any atom is -0.428 e. The van der Waals surface area contributed by atoms with Gasteiger partial charge in [0, 0.05) is 10.6 Å². The van der Waals surface area contributed by atoms with Crippen LogP contribution in [-0.2, 0) is 4.74 Å². The molecule has 1 N–H and O–H groups in total. The summed E-state index contributed by atoms with van der Waals surface area (Å²) in [5.41, 5.74) is 0.819. The summed E-state index contributed by atoms with van der Waals surface area (Å²) in [4.78, 5) is 11.0. The van der Waals surface area contributed by atoms with Crippen molar-refractivity contribution in [2.24, 2.45) is 0 Å². The van der Waals surface area contributed by atoms with Gasteiger partial charge in [-0.1, -0.05) is 11.6 Å². The molecule has 4 heteroatoms. The molecule has 1 atom stereocenters. The minimum absolute atomic E-state index is 0.381. The molecule has 0 aromatic heterocycles. The molecule has 2 rings (SSSR count). The fraction of sp³-hybridized carbons (Fsp3) is 0.125. The van der Waals surface area contributed by atoms with E-state index >= 15 is 0 Å². The number of esters is 1. The van der Waals surface area contributed by atoms with Gasteiger partial charge in [-0.25, -0.2) is 4.79 Å². The van der Waals surface area contributed by atoms with Crippen LogP contribution in [-0.4, -0.2) is 11.1 Å². The third kappa shape index (κ3) is 0.983. The molecule has 0 aliphatic carbocycles. The summed E-state index contributed by atoms with van der Waals surface area (Å²) >= 11 is 5.66. The minimum atomic E-state index is -1.16. The van der Waals surface area contributed by atoms with Crippen LogP contribution in [0.5, 0.6) is 0 Å². The molecule has 0 radical (unpaired) electrons. The first-order valence-corrected chi connectivity index (χ1v) is 3.75. The monoisotopic (exact) mass is 184 g/mol. The van der Waals surface area contributed by atoms with Crippen molar-refractivity contribution >= 4 is 17.6 Å². The van der Waals surface area contributed by atoms with Crippen LogP contribution in [0.2, 0.25) is 5.02 Å². The van der Waals surface area contributed by atoms with Crippen LogP contribution < -0.4 is 0 Å². The summed E-state index contributed by atoms with van der Waals surface area (Å²) in [5, 5.41) is 9.65. The molecule has 1 heterocycles. The van der Waals surface area contributed by atoms with E-state index in [1.807, 2.05) is 0 Å². The van der Waals surface area contributed by atoms with Crippen molar-refractivity contribution < 1.29 is 14.6 Å². The topological polar surface area (TPSA) is 46.5 Å². The first-order valence-electron chi connectivity index (χ1n) is 3.37. The molecule has 0 bridgehead atoms. The maximum absolute atomic E-state index is 11.0. The van der Waals surface area contributed by atoms with Gasteiger partial charge in [-0.15, -0.1) is 0 Å². The molecule has 0 saturated heterocycles. The highest BCUT2D eigenvalue weighted by molar-refractivity contribution is 6.30. The Labute approximate surface area is 73.5 Å². The number of carbonyl (C=O) groups is 1. The largest absolute Gasteiger partial charge is 0.428 e. The van der Waals surface area contributed by atoms with Gasteiger partial charge < -0.3 is 9.84 Å². The summed E-state index contributed by atoms with van der Waals surface area (Å²) in [7, 11) is 0. The molecule has 1 aromatic carbocycles. The Hall–Kier alpha value is -1.06. The number of aliphatic hydroxyl groups is 1. The molecule has 62 valence electrons. The lowest BCUT2D eigenvalue weighted by Gasteiger charge is -2.00. The maximum Gasteiger partial charge on any atom is 0.341 e. The number of hydrogen-bond donors (Lipinski definition) is 1. The molecular weight excluding hydrogens is 180 g/mol. The second-order valence-corrected chi connectivity index (χ2v) is 2.93. The maximum atomic E-state index is 11.0. The number of rotatable bonds is 0. The molecule has 12 heavy (non-hydrogen) atoms. The van der Waals surface area contributed by atoms with Crippen molar-refractivity contribution in [2.75, 3.05) is 0 Å². The number of cyclic esters (lactones) is 1. The Morgan fingerprint density at radius 2 is 2.25 bits per heavy atom. The van der Waals surface area contributed by atoms with Crippen molar-refractivity contribution in [3.63, 3.8) is 0 Å². The Bertz CT molecular complexity index is 348. The average molecular weight is 185 g/mol. The van der Waals surface area contributed by atoms with Gasteiger partial charge in [0.2, 0.25) is 6.29 Å². The van der Waals surface area contributed by atoms with Gasteiger partial charge >= 0.3 is 5.97 Å². The van der Waals surface area contributed by atoms with Crippen LogP contribution in [0.1, 0.15) is 22.2 Å². The highest BCUT2D eigenvalue weighted by Gasteiger charge is 2.29. The molecule has 0 saturated carbocycles. The second-order valence-electron chi connectivity index (χ2n) is 2.49. The van der Waals surface area contributed by atoms with Crippen molar-refractivity contribution in [2.45, 2.75) is 6.29 Å². The average Bonchev–Trinajstić information content (AvgIpc) is 2.28. The predicted octanol–water partition coefficient (Wildman–Crippen LogP) is 1.50. The van der Waals surface area contributed by atoms with E-state index in [2.05, 4.69) is 4.74 Å². The summed E-state index contributed by atoms with van der Waals surface area (Å²) < 4.78 is 4.54. The molecule has 0 unspecified atom stereocenters. The summed E-state index contributed by atoms with van der Waals surface area (Å²) in [5.74, 6) is -0.505. The van der Waals surface area contributed by atoms with Crippen LogP contribution in [0.15, 0.2) is 18.2 Å². The van der Waals surface area contributed by atoms with Crippen LogP contribution in [0.3, 0.4) is 0 Å². The van der Waals surface area contributed by atoms with Crippen LogP contribution in [0.25, 0.3) is 0 Å². The van der Waals surface area contributed by atoms with E-state index in [4.69, 9.17) is 11.6 Å². The molecule has 1 aromatic rings. The van der Waals surface area contributed by atoms with Gasteiger partial charge in [0.1, 0.15) is 0 Å². The number of hydrogen-bond acceptors (Lipinski definition) is 3. The Morgan fingerprint density at radius 3 is 3.00 bits per heavy atom. The lowest BCUT2D eigenvalue weighted by molar-refractivity contribution is -0.0547. The standard InChI is InChI=1S/C8H5ClO3/c9-4-1-2-5-6(3-4)8(11)12-7(5)10/h1-3,8,11H/t8-/m1/s1. The number of ether oxygens (including phenoxy) is 1. The van der Waals surface area contributed by atoms with Crippen LogP contribution >= 0.6 is 11.6 Å². The van der Waals surface area contributed by atoms with E-state index in [-0.39, 0.29) is 0 Å². The Balaban J connectivity index is 2.60. The Kier molecular flexibility index (Phi) is 1.56. The number of fused-ring (bicyclic) bond motifs is 1. The van der Waals surface area contributed by atoms with Gasteiger partial charge in [0.15, 0.2) is 0 Å². The summed E-state index contributed by atoms with van der Waals surface area (Å²) in [6.07, 6.45) is -1.16. The zero-order valence-corrected chi connectivity index (χ0v) is 6.71. The third-order valence-electron chi connectivity index (χ3n) is 1.72. The van der Waals surface area contributed by atoms with E-state index in [0.29, 0.717) is 16.1 Å². The van der Waals surface area contributed by atoms with Gasteiger partial charge in [0.05, 0.1) is 5.56 Å². The van der Waals surface area contributed by atoms with E-state index in [9.17, 15) is 9.90 Å². The number of carbonyl (C=O) groups excluding carboxylic acids is 1. The van der Waals surface area contributed by atoms with Crippen LogP contribution in [0.4, 0.5) is 0 Å². The predicted molar refractivity (Wildman–Crippen MR) is 41.8 cm³/mol. The SMILES string of the molecule is O=C1O[C@@H](O)c2cc(Cl)ccc21. The number of halogens is 1. The van der Waals surface area contributed by atoms with Gasteiger partial charge in [0.25, 0.3) is 0 Å². The van der Waals surface area contributed by atoms with Crippen molar-refractivity contribution in [1.82, 2.24) is 0 Å². The molecule has 1 aliphatic heterocycles. The van der Waals surface area contributed by atoms with Crippen LogP contribution in [0, 0.1) is 0 Å². The number of aliphatic hydroxyl groups excluding tert-OH is 1. The first kappa shape index (κ1) is 7.58. The summed E-state index contributed by atoms with van der Waals surface area (Å²) in [6.45, 7) is 0. The zero-order valence-electron chi connectivity index (χ0n) is 5.95. The Morgan fingerprint density at radius 1 is 1.50 bits per heavy atom. The third-order valence-corrected chi connectivity index (χ3v) is 1.95. The van der Waals surface area contributed by atoms with E-state index < -0.39 is 12.3 Å². The fourth-order valence-electron chi connectivity index (χ4n) is 1.15. The zero-order chi connectivity index (χ0) is 8.72. The summed E-state index contributed by atoms with van der Waals surface area (Å²) in [6, 6.07) is 4.64. The first-order chi connectivity index (χ1) is 5.68. The normalized spacial score (nSPS) is 20.5. The molecule has 0 amide bonds. The molecule has 0 fully saturated rings. The van der Waals surface area contributed by atoms with Gasteiger partial charge in [-0.3, -0.25) is 0 Å². The van der Waals surface area contributed by atoms with E-state index in [1.165, 1.54) is 12.1 Å². The fourth-order valence-corrected chi connectivity index (χ4v) is 1.33. The van der Waals surface area contributed by atoms with Crippen molar-refractivity contribution in [1.29, 1.82) is 0 Å². The van der Waals surface area contributed by atoms with Crippen molar-refractivity contribution in [3.8, 4) is 0 Å².